The molecule has 0 aromatic rings. The molecule has 0 saturated carbocycles. The van der Waals surface area contributed by atoms with E-state index in [1.54, 1.807) is 0 Å². The molecule has 1 rings (SSSR count). The van der Waals surface area contributed by atoms with E-state index >= 15 is 0 Å². The minimum Gasteiger partial charge on any atom is -0.389 e. The number of hydrogen-bond acceptors (Lipinski definition) is 4. The Balaban J connectivity index is 2.82. The zero-order chi connectivity index (χ0) is 11.1. The Hall–Kier alpha value is -0.690. The molecule has 0 radical (unpaired) electrons. The van der Waals surface area contributed by atoms with Crippen LogP contribution in [0.3, 0.4) is 0 Å². The summed E-state index contributed by atoms with van der Waals surface area (Å²) in [5.74, 6) is -0.606. The van der Waals surface area contributed by atoms with E-state index in [-0.39, 0.29) is 0 Å². The Morgan fingerprint density at radius 3 is 2.43 bits per heavy atom. The van der Waals surface area contributed by atoms with Crippen LogP contribution in [0.2, 0.25) is 0 Å². The molecule has 1 saturated heterocycles. The maximum atomic E-state index is 11.9. The minimum absolute atomic E-state index is 0.499. The first-order valence-corrected chi connectivity index (χ1v) is 5.50. The van der Waals surface area contributed by atoms with E-state index in [9.17, 15) is 17.6 Å². The second-order valence-electron chi connectivity index (χ2n) is 3.66. The third-order valence-electron chi connectivity index (χ3n) is 2.23. The van der Waals surface area contributed by atoms with Crippen LogP contribution in [-0.4, -0.2) is 47.8 Å². The summed E-state index contributed by atoms with van der Waals surface area (Å²) in [6.45, 7) is 0.993. The number of amides is 1. The van der Waals surface area contributed by atoms with Gasteiger partial charge in [0.1, 0.15) is 12.8 Å². The van der Waals surface area contributed by atoms with Crippen molar-refractivity contribution in [3.63, 3.8) is 0 Å². The van der Waals surface area contributed by atoms with Crippen LogP contribution in [0.4, 0.5) is 4.39 Å². The summed E-state index contributed by atoms with van der Waals surface area (Å²) in [4.78, 5) is 11.3. The Kier molecular flexibility index (Phi) is 2.57. The van der Waals surface area contributed by atoms with Crippen LogP contribution in [0.5, 0.6) is 0 Å². The summed E-state index contributed by atoms with van der Waals surface area (Å²) >= 11 is 0. The fourth-order valence-corrected chi connectivity index (χ4v) is 2.74. The third-order valence-corrected chi connectivity index (χ3v) is 4.59. The molecular weight excluding hydrogens is 213 g/mol. The van der Waals surface area contributed by atoms with E-state index in [0.29, 0.717) is 4.31 Å². The van der Waals surface area contributed by atoms with Crippen molar-refractivity contribution < 1.29 is 22.7 Å². The van der Waals surface area contributed by atoms with Gasteiger partial charge in [-0.3, -0.25) is 4.79 Å². The van der Waals surface area contributed by atoms with E-state index in [1.807, 2.05) is 0 Å². The molecular formula is C7H12FNO4S. The number of halogens is 1. The summed E-state index contributed by atoms with van der Waals surface area (Å²) in [6, 6.07) is 0. The summed E-state index contributed by atoms with van der Waals surface area (Å²) in [5.41, 5.74) is 0. The molecule has 82 valence electrons. The fourth-order valence-electron chi connectivity index (χ4n) is 1.18. The van der Waals surface area contributed by atoms with Gasteiger partial charge in [0.15, 0.2) is 4.75 Å². The predicted molar refractivity (Wildman–Crippen MR) is 46.7 cm³/mol. The van der Waals surface area contributed by atoms with Crippen LogP contribution >= 0.6 is 0 Å². The number of carbonyl (C=O) groups excluding carboxylic acids is 1. The van der Waals surface area contributed by atoms with Crippen molar-refractivity contribution in [1.29, 1.82) is 0 Å². The van der Waals surface area contributed by atoms with Gasteiger partial charge in [-0.15, -0.1) is 0 Å². The molecule has 1 aliphatic rings. The maximum Gasteiger partial charge on any atom is 0.258 e. The largest absolute Gasteiger partial charge is 0.389 e. The predicted octanol–water partition coefficient (Wildman–Crippen LogP) is -0.733. The SMILES string of the molecule is CC1(C)C(=O)N(CC(O)CF)S1(=O)=O. The normalized spacial score (nSPS) is 25.7. The fraction of sp³-hybridized carbons (Fsp3) is 0.857. The lowest BCUT2D eigenvalue weighted by Crippen LogP contribution is -2.68. The van der Waals surface area contributed by atoms with Crippen molar-refractivity contribution in [3.05, 3.63) is 0 Å². The summed E-state index contributed by atoms with van der Waals surface area (Å²) in [6.07, 6.45) is -1.44. The van der Waals surface area contributed by atoms with E-state index in [0.717, 1.165) is 0 Å². The van der Waals surface area contributed by atoms with E-state index < -0.39 is 40.0 Å². The van der Waals surface area contributed by atoms with Crippen molar-refractivity contribution in [2.45, 2.75) is 24.7 Å². The number of nitrogens with zero attached hydrogens (tertiary/aromatic N) is 1. The van der Waals surface area contributed by atoms with Crippen LogP contribution in [0, 0.1) is 0 Å². The van der Waals surface area contributed by atoms with Gasteiger partial charge in [0.2, 0.25) is 0 Å². The number of rotatable bonds is 3. The molecule has 0 aromatic heterocycles. The Labute approximate surface area is 81.6 Å². The molecule has 1 atom stereocenters. The van der Waals surface area contributed by atoms with E-state index in [4.69, 9.17) is 5.11 Å². The highest BCUT2D eigenvalue weighted by atomic mass is 32.2. The smallest absolute Gasteiger partial charge is 0.258 e. The van der Waals surface area contributed by atoms with Crippen LogP contribution in [-0.2, 0) is 14.8 Å². The Morgan fingerprint density at radius 2 is 2.07 bits per heavy atom. The molecule has 14 heavy (non-hydrogen) atoms. The average molecular weight is 225 g/mol. The van der Waals surface area contributed by atoms with Gasteiger partial charge in [-0.1, -0.05) is 0 Å². The molecule has 1 unspecified atom stereocenters. The second-order valence-corrected chi connectivity index (χ2v) is 6.07. The molecule has 0 bridgehead atoms. The molecule has 0 aliphatic carbocycles. The third kappa shape index (κ3) is 1.31. The van der Waals surface area contributed by atoms with Crippen molar-refractivity contribution in [2.75, 3.05) is 13.2 Å². The van der Waals surface area contributed by atoms with Crippen LogP contribution in [0.15, 0.2) is 0 Å². The van der Waals surface area contributed by atoms with Gasteiger partial charge in [-0.2, -0.15) is 0 Å². The Bertz CT molecular complexity index is 351. The second kappa shape index (κ2) is 3.16. The summed E-state index contributed by atoms with van der Waals surface area (Å²) in [5, 5.41) is 8.88. The zero-order valence-corrected chi connectivity index (χ0v) is 8.71. The maximum absolute atomic E-state index is 11.9. The first kappa shape index (κ1) is 11.4. The van der Waals surface area contributed by atoms with Crippen LogP contribution in [0.25, 0.3) is 0 Å². The van der Waals surface area contributed by atoms with Gasteiger partial charge >= 0.3 is 0 Å². The number of aliphatic hydroxyl groups is 1. The van der Waals surface area contributed by atoms with Crippen LogP contribution in [0.1, 0.15) is 13.8 Å². The van der Waals surface area contributed by atoms with Gasteiger partial charge in [0.05, 0.1) is 6.54 Å². The van der Waals surface area contributed by atoms with Crippen molar-refractivity contribution in [3.8, 4) is 0 Å². The number of alkyl halides is 1. The molecule has 1 amide bonds. The van der Waals surface area contributed by atoms with Gasteiger partial charge < -0.3 is 5.11 Å². The number of carbonyl (C=O) groups is 1. The van der Waals surface area contributed by atoms with Crippen molar-refractivity contribution in [2.24, 2.45) is 0 Å². The molecule has 5 nitrogen and oxygen atoms in total. The van der Waals surface area contributed by atoms with Crippen molar-refractivity contribution in [1.82, 2.24) is 4.31 Å². The van der Waals surface area contributed by atoms with Gasteiger partial charge in [0.25, 0.3) is 15.9 Å². The molecule has 1 N–H and O–H groups in total. The minimum atomic E-state index is -3.70. The quantitative estimate of drug-likeness (QED) is 0.687. The molecule has 1 aliphatic heterocycles. The zero-order valence-electron chi connectivity index (χ0n) is 7.90. The van der Waals surface area contributed by atoms with Gasteiger partial charge in [-0.05, 0) is 13.8 Å². The summed E-state index contributed by atoms with van der Waals surface area (Å²) < 4.78 is 33.8. The lowest BCUT2D eigenvalue weighted by atomic mass is 10.2. The topological polar surface area (TPSA) is 74.7 Å². The average Bonchev–Trinajstić information content (AvgIpc) is 2.12. The van der Waals surface area contributed by atoms with Gasteiger partial charge in [-0.25, -0.2) is 17.1 Å². The first-order chi connectivity index (χ1) is 6.25. The number of sulfonamides is 1. The number of hydrogen-bond donors (Lipinski definition) is 1. The monoisotopic (exact) mass is 225 g/mol. The highest BCUT2D eigenvalue weighted by Gasteiger charge is 2.60. The highest BCUT2D eigenvalue weighted by molar-refractivity contribution is 7.94. The van der Waals surface area contributed by atoms with Crippen molar-refractivity contribution >= 4 is 15.9 Å². The number of aliphatic hydroxyl groups excluding tert-OH is 1. The Morgan fingerprint density at radius 1 is 1.57 bits per heavy atom. The molecule has 1 fully saturated rings. The highest BCUT2D eigenvalue weighted by Crippen LogP contribution is 2.34. The van der Waals surface area contributed by atoms with Crippen LogP contribution < -0.4 is 0 Å². The summed E-state index contributed by atoms with van der Waals surface area (Å²) in [7, 11) is -3.70. The molecule has 0 aromatic carbocycles. The van der Waals surface area contributed by atoms with E-state index in [2.05, 4.69) is 0 Å². The standard InChI is InChI=1S/C7H12FNO4S/c1-7(2)6(11)9(14(7,12)13)4-5(10)3-8/h5,10H,3-4H2,1-2H3. The molecule has 0 spiro atoms. The lowest BCUT2D eigenvalue weighted by Gasteiger charge is -2.43. The van der Waals surface area contributed by atoms with E-state index in [1.165, 1.54) is 13.8 Å². The molecule has 1 heterocycles. The number of β-amino-alcohol motifs (C(OH)–C–C–N with tert-alkyl or cyclic N) is 1. The lowest BCUT2D eigenvalue weighted by molar-refractivity contribution is -0.133. The van der Waals surface area contributed by atoms with Gasteiger partial charge in [0, 0.05) is 0 Å². The first-order valence-electron chi connectivity index (χ1n) is 4.06. The molecule has 7 heteroatoms.